The summed E-state index contributed by atoms with van der Waals surface area (Å²) < 4.78 is 5.61. The Balaban J connectivity index is 2.71. The van der Waals surface area contributed by atoms with Crippen LogP contribution in [0.4, 0.5) is 0 Å². The number of rotatable bonds is 4. The van der Waals surface area contributed by atoms with Crippen LogP contribution in [0.1, 0.15) is 31.3 Å². The minimum Gasteiger partial charge on any atom is -0.464 e. The van der Waals surface area contributed by atoms with Crippen molar-refractivity contribution in [1.29, 1.82) is 0 Å². The van der Waals surface area contributed by atoms with E-state index < -0.39 is 0 Å². The van der Waals surface area contributed by atoms with E-state index in [0.717, 1.165) is 29.5 Å². The lowest BCUT2D eigenvalue weighted by Crippen LogP contribution is -2.09. The van der Waals surface area contributed by atoms with E-state index in [9.17, 15) is 0 Å². The molecule has 0 unspecified atom stereocenters. The second kappa shape index (κ2) is 4.68. The molecule has 0 bridgehead atoms. The number of hydrogen-bond donors (Lipinski definition) is 1. The fraction of sp³-hybridized carbons (Fsp3) is 0.600. The van der Waals surface area contributed by atoms with Crippen LogP contribution >= 0.6 is 11.6 Å². The molecule has 1 aromatic rings. The summed E-state index contributed by atoms with van der Waals surface area (Å²) in [6, 6.07) is 1.91. The van der Waals surface area contributed by atoms with Gasteiger partial charge in [0.1, 0.15) is 11.5 Å². The maximum atomic E-state index is 6.00. The van der Waals surface area contributed by atoms with Crippen molar-refractivity contribution in [2.45, 2.75) is 26.2 Å². The summed E-state index contributed by atoms with van der Waals surface area (Å²) in [5, 5.41) is 3.82. The molecule has 1 aromatic heterocycles. The molecule has 0 fully saturated rings. The van der Waals surface area contributed by atoms with Gasteiger partial charge in [-0.1, -0.05) is 25.4 Å². The zero-order valence-electron chi connectivity index (χ0n) is 8.36. The number of furan rings is 1. The van der Waals surface area contributed by atoms with Gasteiger partial charge >= 0.3 is 0 Å². The maximum Gasteiger partial charge on any atom is 0.125 e. The highest BCUT2D eigenvalue weighted by Gasteiger charge is 2.11. The highest BCUT2D eigenvalue weighted by atomic mass is 35.5. The SMILES string of the molecule is CNCCc1cc(Cl)c(C(C)C)o1. The van der Waals surface area contributed by atoms with Crippen molar-refractivity contribution in [3.63, 3.8) is 0 Å². The molecule has 3 heteroatoms. The van der Waals surface area contributed by atoms with Crippen molar-refractivity contribution in [3.8, 4) is 0 Å². The average Bonchev–Trinajstić information content (AvgIpc) is 2.43. The van der Waals surface area contributed by atoms with Gasteiger partial charge in [-0.05, 0) is 13.1 Å². The first-order valence-corrected chi connectivity index (χ1v) is 4.95. The molecule has 0 aromatic carbocycles. The van der Waals surface area contributed by atoms with Crippen LogP contribution < -0.4 is 5.32 Å². The second-order valence-corrected chi connectivity index (χ2v) is 3.84. The molecule has 0 amide bonds. The summed E-state index contributed by atoms with van der Waals surface area (Å²) in [6.07, 6.45) is 0.892. The van der Waals surface area contributed by atoms with E-state index in [4.69, 9.17) is 16.0 Å². The predicted octanol–water partition coefficient (Wildman–Crippen LogP) is 2.82. The first kappa shape index (κ1) is 10.6. The van der Waals surface area contributed by atoms with Crippen LogP contribution in [0, 0.1) is 0 Å². The lowest BCUT2D eigenvalue weighted by atomic mass is 10.2. The summed E-state index contributed by atoms with van der Waals surface area (Å²) in [6.45, 7) is 5.07. The van der Waals surface area contributed by atoms with E-state index in [1.807, 2.05) is 13.1 Å². The van der Waals surface area contributed by atoms with Crippen LogP contribution in [0.3, 0.4) is 0 Å². The van der Waals surface area contributed by atoms with Crippen LogP contribution in [0.2, 0.25) is 5.02 Å². The third-order valence-electron chi connectivity index (χ3n) is 1.91. The molecule has 0 saturated carbocycles. The van der Waals surface area contributed by atoms with Crippen LogP contribution in [0.15, 0.2) is 10.5 Å². The molecule has 0 radical (unpaired) electrons. The lowest BCUT2D eigenvalue weighted by molar-refractivity contribution is 0.445. The summed E-state index contributed by atoms with van der Waals surface area (Å²) in [4.78, 5) is 0. The normalized spacial score (nSPS) is 11.2. The lowest BCUT2D eigenvalue weighted by Gasteiger charge is -2.00. The standard InChI is InChI=1S/C10H16ClNO/c1-7(2)10-9(11)6-8(13-10)4-5-12-3/h6-7,12H,4-5H2,1-3H3. The molecule has 0 aliphatic heterocycles. The van der Waals surface area contributed by atoms with Crippen LogP contribution in [0.5, 0.6) is 0 Å². The van der Waals surface area contributed by atoms with E-state index in [-0.39, 0.29) is 0 Å². The van der Waals surface area contributed by atoms with Crippen molar-refractivity contribution in [3.05, 3.63) is 22.6 Å². The quantitative estimate of drug-likeness (QED) is 0.811. The molecular formula is C10H16ClNO. The Labute approximate surface area is 84.3 Å². The fourth-order valence-corrected chi connectivity index (χ4v) is 1.58. The average molecular weight is 202 g/mol. The molecule has 2 nitrogen and oxygen atoms in total. The molecule has 13 heavy (non-hydrogen) atoms. The van der Waals surface area contributed by atoms with E-state index in [1.165, 1.54) is 0 Å². The topological polar surface area (TPSA) is 25.2 Å². The van der Waals surface area contributed by atoms with Gasteiger partial charge in [0, 0.05) is 18.9 Å². The van der Waals surface area contributed by atoms with Gasteiger partial charge in [0.15, 0.2) is 0 Å². The molecular weight excluding hydrogens is 186 g/mol. The van der Waals surface area contributed by atoms with Gasteiger partial charge in [0.05, 0.1) is 5.02 Å². The van der Waals surface area contributed by atoms with E-state index in [1.54, 1.807) is 0 Å². The Hall–Kier alpha value is -0.470. The van der Waals surface area contributed by atoms with Crippen LogP contribution in [-0.4, -0.2) is 13.6 Å². The monoisotopic (exact) mass is 201 g/mol. The number of halogens is 1. The molecule has 1 N–H and O–H groups in total. The Morgan fingerprint density at radius 3 is 2.69 bits per heavy atom. The Morgan fingerprint density at radius 1 is 1.54 bits per heavy atom. The minimum atomic E-state index is 0.357. The number of hydrogen-bond acceptors (Lipinski definition) is 2. The molecule has 0 saturated heterocycles. The summed E-state index contributed by atoms with van der Waals surface area (Å²) in [7, 11) is 1.92. The number of nitrogens with one attached hydrogen (secondary N) is 1. The molecule has 0 aliphatic carbocycles. The third-order valence-corrected chi connectivity index (χ3v) is 2.21. The first-order valence-electron chi connectivity index (χ1n) is 4.58. The summed E-state index contributed by atoms with van der Waals surface area (Å²) in [5.74, 6) is 2.21. The summed E-state index contributed by atoms with van der Waals surface area (Å²) in [5.41, 5.74) is 0. The smallest absolute Gasteiger partial charge is 0.125 e. The zero-order chi connectivity index (χ0) is 9.84. The van der Waals surface area contributed by atoms with Gasteiger partial charge in [-0.3, -0.25) is 0 Å². The molecule has 1 rings (SSSR count). The van der Waals surface area contributed by atoms with Gasteiger partial charge < -0.3 is 9.73 Å². The summed E-state index contributed by atoms with van der Waals surface area (Å²) >= 11 is 6.00. The first-order chi connectivity index (χ1) is 6.15. The van der Waals surface area contributed by atoms with Crippen molar-refractivity contribution in [2.75, 3.05) is 13.6 Å². The minimum absolute atomic E-state index is 0.357. The molecule has 0 atom stereocenters. The second-order valence-electron chi connectivity index (χ2n) is 3.43. The highest BCUT2D eigenvalue weighted by molar-refractivity contribution is 6.31. The van der Waals surface area contributed by atoms with Crippen molar-refractivity contribution in [1.82, 2.24) is 5.32 Å². The Kier molecular flexibility index (Phi) is 3.82. The predicted molar refractivity (Wildman–Crippen MR) is 55.4 cm³/mol. The van der Waals surface area contributed by atoms with Crippen molar-refractivity contribution < 1.29 is 4.42 Å². The maximum absolute atomic E-state index is 6.00. The fourth-order valence-electron chi connectivity index (χ4n) is 1.20. The van der Waals surface area contributed by atoms with E-state index in [2.05, 4.69) is 19.2 Å². The van der Waals surface area contributed by atoms with Crippen LogP contribution in [-0.2, 0) is 6.42 Å². The molecule has 1 heterocycles. The third kappa shape index (κ3) is 2.75. The molecule has 0 aliphatic rings. The largest absolute Gasteiger partial charge is 0.464 e. The zero-order valence-corrected chi connectivity index (χ0v) is 9.11. The van der Waals surface area contributed by atoms with Gasteiger partial charge in [-0.2, -0.15) is 0 Å². The van der Waals surface area contributed by atoms with Gasteiger partial charge in [-0.25, -0.2) is 0 Å². The van der Waals surface area contributed by atoms with Gasteiger partial charge in [-0.15, -0.1) is 0 Å². The Bertz CT molecular complexity index is 268. The van der Waals surface area contributed by atoms with Gasteiger partial charge in [0.25, 0.3) is 0 Å². The number of likely N-dealkylation sites (N-methyl/N-ethyl adjacent to an activating group) is 1. The molecule has 0 spiro atoms. The van der Waals surface area contributed by atoms with Crippen molar-refractivity contribution in [2.24, 2.45) is 0 Å². The van der Waals surface area contributed by atoms with Crippen LogP contribution in [0.25, 0.3) is 0 Å². The van der Waals surface area contributed by atoms with E-state index >= 15 is 0 Å². The Morgan fingerprint density at radius 2 is 2.23 bits per heavy atom. The highest BCUT2D eigenvalue weighted by Crippen LogP contribution is 2.27. The van der Waals surface area contributed by atoms with Gasteiger partial charge in [0.2, 0.25) is 0 Å². The van der Waals surface area contributed by atoms with E-state index in [0.29, 0.717) is 5.92 Å². The van der Waals surface area contributed by atoms with Crippen molar-refractivity contribution >= 4 is 11.6 Å². The molecule has 74 valence electrons.